The number of nitrogens with one attached hydrogen (secondary N) is 1. The molecule has 4 nitrogen and oxygen atoms in total. The van der Waals surface area contributed by atoms with E-state index in [4.69, 9.17) is 4.74 Å². The summed E-state index contributed by atoms with van der Waals surface area (Å²) in [7, 11) is 4.01. The molecule has 0 bridgehead atoms. The van der Waals surface area contributed by atoms with Crippen molar-refractivity contribution in [3.05, 3.63) is 18.0 Å². The third kappa shape index (κ3) is 4.62. The van der Waals surface area contributed by atoms with E-state index in [1.165, 1.54) is 5.69 Å². The second-order valence-electron chi connectivity index (χ2n) is 6.12. The number of hydrogen-bond donors (Lipinski definition) is 1. The molecule has 0 radical (unpaired) electrons. The van der Waals surface area contributed by atoms with E-state index in [-0.39, 0.29) is 11.5 Å². The fraction of sp³-hybridized carbons (Fsp3) is 0.800. The van der Waals surface area contributed by atoms with Crippen molar-refractivity contribution in [3.63, 3.8) is 0 Å². The summed E-state index contributed by atoms with van der Waals surface area (Å²) < 4.78 is 7.92. The molecule has 0 aliphatic carbocycles. The number of hydrogen-bond acceptors (Lipinski definition) is 3. The molecule has 0 aliphatic heterocycles. The normalized spacial score (nSPS) is 15.5. The Morgan fingerprint density at radius 2 is 2.11 bits per heavy atom. The van der Waals surface area contributed by atoms with Crippen LogP contribution in [0.1, 0.15) is 39.8 Å². The topological polar surface area (TPSA) is 39.1 Å². The molecule has 1 heterocycles. The second kappa shape index (κ2) is 7.06. The number of aromatic nitrogens is 2. The fourth-order valence-corrected chi connectivity index (χ4v) is 2.55. The lowest BCUT2D eigenvalue weighted by Crippen LogP contribution is -2.47. The Hall–Kier alpha value is -0.870. The van der Waals surface area contributed by atoms with E-state index >= 15 is 0 Å². The molecule has 0 saturated heterocycles. The lowest BCUT2D eigenvalue weighted by molar-refractivity contribution is -0.0358. The van der Waals surface area contributed by atoms with E-state index in [1.54, 1.807) is 0 Å². The zero-order chi connectivity index (χ0) is 14.5. The van der Waals surface area contributed by atoms with Crippen LogP contribution in [0.15, 0.2) is 12.3 Å². The number of likely N-dealkylation sites (N-methyl/N-ethyl adjacent to an activating group) is 1. The maximum atomic E-state index is 5.97. The van der Waals surface area contributed by atoms with E-state index in [2.05, 4.69) is 44.2 Å². The third-order valence-corrected chi connectivity index (χ3v) is 3.57. The first-order valence-corrected chi connectivity index (χ1v) is 7.15. The second-order valence-corrected chi connectivity index (χ2v) is 6.12. The van der Waals surface area contributed by atoms with E-state index in [0.717, 1.165) is 19.4 Å². The lowest BCUT2D eigenvalue weighted by atomic mass is 9.82. The van der Waals surface area contributed by atoms with Gasteiger partial charge in [-0.15, -0.1) is 0 Å². The third-order valence-electron chi connectivity index (χ3n) is 3.57. The quantitative estimate of drug-likeness (QED) is 0.824. The Balaban J connectivity index is 2.67. The van der Waals surface area contributed by atoms with Crippen molar-refractivity contribution < 1.29 is 4.74 Å². The van der Waals surface area contributed by atoms with Crippen LogP contribution in [0.2, 0.25) is 0 Å². The predicted octanol–water partition coefficient (Wildman–Crippen LogP) is 2.39. The molecule has 1 rings (SSSR count). The molecule has 0 fully saturated rings. The van der Waals surface area contributed by atoms with Crippen LogP contribution in [0.4, 0.5) is 0 Å². The average molecular weight is 267 g/mol. The van der Waals surface area contributed by atoms with E-state index in [0.29, 0.717) is 6.04 Å². The first kappa shape index (κ1) is 16.2. The fourth-order valence-electron chi connectivity index (χ4n) is 2.55. The van der Waals surface area contributed by atoms with Crippen LogP contribution in [0.25, 0.3) is 0 Å². The van der Waals surface area contributed by atoms with Gasteiger partial charge in [0, 0.05) is 31.6 Å². The zero-order valence-corrected chi connectivity index (χ0v) is 13.2. The molecule has 1 aromatic heterocycles. The van der Waals surface area contributed by atoms with Gasteiger partial charge < -0.3 is 10.1 Å². The summed E-state index contributed by atoms with van der Waals surface area (Å²) in [5, 5.41) is 7.64. The van der Waals surface area contributed by atoms with Gasteiger partial charge in [-0.3, -0.25) is 4.68 Å². The molecule has 2 unspecified atom stereocenters. The molecule has 1 N–H and O–H groups in total. The molecule has 0 saturated carbocycles. The summed E-state index contributed by atoms with van der Waals surface area (Å²) in [5.74, 6) is 0. The smallest absolute Gasteiger partial charge is 0.0775 e. The molecule has 1 aromatic rings. The lowest BCUT2D eigenvalue weighted by Gasteiger charge is -2.36. The first-order chi connectivity index (χ1) is 8.90. The molecular formula is C15H29N3O. The summed E-state index contributed by atoms with van der Waals surface area (Å²) in [6.45, 7) is 9.53. The monoisotopic (exact) mass is 267 g/mol. The van der Waals surface area contributed by atoms with Crippen molar-refractivity contribution in [1.29, 1.82) is 0 Å². The van der Waals surface area contributed by atoms with Gasteiger partial charge in [0.1, 0.15) is 0 Å². The number of nitrogens with zero attached hydrogens (tertiary/aromatic N) is 2. The summed E-state index contributed by atoms with van der Waals surface area (Å²) in [5.41, 5.74) is 1.40. The van der Waals surface area contributed by atoms with Gasteiger partial charge in [-0.2, -0.15) is 5.10 Å². The van der Waals surface area contributed by atoms with Gasteiger partial charge >= 0.3 is 0 Å². The maximum absolute atomic E-state index is 5.97. The van der Waals surface area contributed by atoms with Gasteiger partial charge in [-0.25, -0.2) is 0 Å². The molecule has 0 aromatic carbocycles. The van der Waals surface area contributed by atoms with Crippen LogP contribution in [0.5, 0.6) is 0 Å². The molecule has 19 heavy (non-hydrogen) atoms. The Morgan fingerprint density at radius 3 is 2.53 bits per heavy atom. The summed E-state index contributed by atoms with van der Waals surface area (Å²) in [6.07, 6.45) is 4.14. The van der Waals surface area contributed by atoms with Gasteiger partial charge in [0.25, 0.3) is 0 Å². The standard InChI is InChI=1S/C15H29N3O/c1-7-19-14(15(2,3)4)13(16-5)9-8-12-10-11-17-18(12)6/h10-11,13-14,16H,7-9H2,1-6H3. The van der Waals surface area contributed by atoms with Crippen LogP contribution in [-0.2, 0) is 18.2 Å². The van der Waals surface area contributed by atoms with Crippen molar-refractivity contribution in [2.45, 2.75) is 52.7 Å². The van der Waals surface area contributed by atoms with Crippen molar-refractivity contribution >= 4 is 0 Å². The Labute approximate surface area is 117 Å². The molecule has 0 amide bonds. The number of rotatable bonds is 7. The Kier molecular flexibility index (Phi) is 6.01. The Bertz CT molecular complexity index is 368. The van der Waals surface area contributed by atoms with Gasteiger partial charge in [0.15, 0.2) is 0 Å². The zero-order valence-electron chi connectivity index (χ0n) is 13.2. The van der Waals surface area contributed by atoms with Crippen LogP contribution in [0, 0.1) is 5.41 Å². The van der Waals surface area contributed by atoms with Gasteiger partial charge in [-0.05, 0) is 38.3 Å². The molecule has 0 spiro atoms. The van der Waals surface area contributed by atoms with Crippen LogP contribution >= 0.6 is 0 Å². The number of aryl methyl sites for hydroxylation is 2. The van der Waals surface area contributed by atoms with Crippen LogP contribution in [0.3, 0.4) is 0 Å². The Morgan fingerprint density at radius 1 is 1.42 bits per heavy atom. The van der Waals surface area contributed by atoms with Gasteiger partial charge in [-0.1, -0.05) is 20.8 Å². The molecular weight excluding hydrogens is 238 g/mol. The van der Waals surface area contributed by atoms with Crippen molar-refractivity contribution in [2.75, 3.05) is 13.7 Å². The van der Waals surface area contributed by atoms with Crippen molar-refractivity contribution in [2.24, 2.45) is 12.5 Å². The average Bonchev–Trinajstić information content (AvgIpc) is 2.73. The van der Waals surface area contributed by atoms with Gasteiger partial charge in [0.2, 0.25) is 0 Å². The highest BCUT2D eigenvalue weighted by Gasteiger charge is 2.31. The van der Waals surface area contributed by atoms with Crippen molar-refractivity contribution in [1.82, 2.24) is 15.1 Å². The van der Waals surface area contributed by atoms with Crippen LogP contribution < -0.4 is 5.32 Å². The van der Waals surface area contributed by atoms with Gasteiger partial charge in [0.05, 0.1) is 6.10 Å². The van der Waals surface area contributed by atoms with E-state index < -0.39 is 0 Å². The highest BCUT2D eigenvalue weighted by atomic mass is 16.5. The molecule has 2 atom stereocenters. The summed E-state index contributed by atoms with van der Waals surface area (Å²) in [6, 6.07) is 2.44. The van der Waals surface area contributed by atoms with E-state index in [9.17, 15) is 0 Å². The predicted molar refractivity (Wildman–Crippen MR) is 79.2 cm³/mol. The first-order valence-electron chi connectivity index (χ1n) is 7.15. The summed E-state index contributed by atoms with van der Waals surface area (Å²) >= 11 is 0. The minimum Gasteiger partial charge on any atom is -0.376 e. The van der Waals surface area contributed by atoms with Crippen molar-refractivity contribution in [3.8, 4) is 0 Å². The molecule has 4 heteroatoms. The molecule has 0 aliphatic rings. The number of ether oxygens (including phenoxy) is 1. The highest BCUT2D eigenvalue weighted by molar-refractivity contribution is 5.01. The highest BCUT2D eigenvalue weighted by Crippen LogP contribution is 2.27. The minimum atomic E-state index is 0.135. The molecule has 110 valence electrons. The minimum absolute atomic E-state index is 0.135. The van der Waals surface area contributed by atoms with Crippen LogP contribution in [-0.4, -0.2) is 35.6 Å². The maximum Gasteiger partial charge on any atom is 0.0775 e. The van der Waals surface area contributed by atoms with E-state index in [1.807, 2.05) is 25.0 Å². The largest absolute Gasteiger partial charge is 0.376 e. The SMILES string of the molecule is CCOC(C(CCc1ccnn1C)NC)C(C)(C)C. The summed E-state index contributed by atoms with van der Waals surface area (Å²) in [4.78, 5) is 0.